The number of aliphatic imine (C=N–C) groups is 1. The minimum Gasteiger partial charge on any atom is -0.500 e. The highest BCUT2D eigenvalue weighted by Gasteiger charge is 2.51. The molecule has 4 rings (SSSR count). The molecule has 0 radical (unpaired) electrons. The molecule has 0 spiro atoms. The van der Waals surface area contributed by atoms with Gasteiger partial charge in [0.1, 0.15) is 17.8 Å². The molecule has 3 heteroatoms. The number of rotatable bonds is 3. The molecule has 0 saturated heterocycles. The van der Waals surface area contributed by atoms with Gasteiger partial charge in [0, 0.05) is 5.92 Å². The van der Waals surface area contributed by atoms with Crippen molar-refractivity contribution in [2.24, 2.45) is 15.8 Å². The van der Waals surface area contributed by atoms with Gasteiger partial charge in [0.05, 0.1) is 13.2 Å². The number of hydrogen-bond acceptors (Lipinski definition) is 3. The topological polar surface area (TPSA) is 30.8 Å². The molecule has 3 nitrogen and oxygen atoms in total. The van der Waals surface area contributed by atoms with Crippen molar-refractivity contribution >= 4 is 12.0 Å². The summed E-state index contributed by atoms with van der Waals surface area (Å²) in [5.41, 5.74) is 3.28. The average Bonchev–Trinajstić information content (AvgIpc) is 3.19. The van der Waals surface area contributed by atoms with E-state index in [-0.39, 0.29) is 17.4 Å². The van der Waals surface area contributed by atoms with Gasteiger partial charge in [-0.1, -0.05) is 75.4 Å². The van der Waals surface area contributed by atoms with Crippen LogP contribution >= 0.6 is 0 Å². The van der Waals surface area contributed by atoms with E-state index >= 15 is 0 Å². The molecule has 1 aliphatic carbocycles. The van der Waals surface area contributed by atoms with Crippen molar-refractivity contribution in [3.8, 4) is 0 Å². The van der Waals surface area contributed by atoms with Gasteiger partial charge in [-0.2, -0.15) is 0 Å². The first-order valence-corrected chi connectivity index (χ1v) is 9.97. The van der Waals surface area contributed by atoms with E-state index < -0.39 is 5.41 Å². The Bertz CT molecular complexity index is 923. The SMILES string of the molecule is COC1=Cc2ccccc2[C@H](c2ccccc2)[C@]1(C)C1=N[C@@H](C(C)(C)C)CO1. The largest absolute Gasteiger partial charge is 0.500 e. The minimum atomic E-state index is -0.496. The number of nitrogens with zero attached hydrogens (tertiary/aromatic N) is 1. The van der Waals surface area contributed by atoms with E-state index in [0.29, 0.717) is 6.61 Å². The zero-order valence-corrected chi connectivity index (χ0v) is 17.4. The van der Waals surface area contributed by atoms with Gasteiger partial charge in [-0.15, -0.1) is 0 Å². The van der Waals surface area contributed by atoms with E-state index in [4.69, 9.17) is 14.5 Å². The Balaban J connectivity index is 1.93. The Morgan fingerprint density at radius 2 is 1.71 bits per heavy atom. The smallest absolute Gasteiger partial charge is 0.198 e. The average molecular weight is 376 g/mol. The van der Waals surface area contributed by atoms with Gasteiger partial charge in [-0.3, -0.25) is 0 Å². The second kappa shape index (κ2) is 6.80. The van der Waals surface area contributed by atoms with Gasteiger partial charge in [0.2, 0.25) is 0 Å². The van der Waals surface area contributed by atoms with E-state index in [1.165, 1.54) is 16.7 Å². The second-order valence-corrected chi connectivity index (χ2v) is 9.01. The summed E-state index contributed by atoms with van der Waals surface area (Å²) in [6.45, 7) is 9.48. The van der Waals surface area contributed by atoms with Crippen LogP contribution in [-0.4, -0.2) is 25.7 Å². The Morgan fingerprint density at radius 1 is 1.04 bits per heavy atom. The van der Waals surface area contributed by atoms with Crippen LogP contribution in [-0.2, 0) is 9.47 Å². The summed E-state index contributed by atoms with van der Waals surface area (Å²) >= 11 is 0. The standard InChI is InChI=1S/C25H29NO2/c1-24(2,3)20-16-28-23(26-20)25(4)21(27-5)15-18-13-9-10-14-19(18)22(25)17-11-7-6-8-12-17/h6-15,20,22H,16H2,1-5H3/t20-,22+,25-/m1/s1. The van der Waals surface area contributed by atoms with Crippen molar-refractivity contribution in [2.75, 3.05) is 13.7 Å². The van der Waals surface area contributed by atoms with Crippen LogP contribution in [0.2, 0.25) is 0 Å². The fourth-order valence-electron chi connectivity index (χ4n) is 4.41. The van der Waals surface area contributed by atoms with Crippen LogP contribution in [0.3, 0.4) is 0 Å². The first kappa shape index (κ1) is 18.8. The lowest BCUT2D eigenvalue weighted by atomic mass is 9.64. The fourth-order valence-corrected chi connectivity index (χ4v) is 4.41. The molecule has 1 heterocycles. The van der Waals surface area contributed by atoms with Gasteiger partial charge in [0.15, 0.2) is 5.90 Å². The van der Waals surface area contributed by atoms with Crippen molar-refractivity contribution < 1.29 is 9.47 Å². The second-order valence-electron chi connectivity index (χ2n) is 9.01. The van der Waals surface area contributed by atoms with Crippen molar-refractivity contribution in [3.63, 3.8) is 0 Å². The monoisotopic (exact) mass is 375 g/mol. The number of ether oxygens (including phenoxy) is 2. The predicted molar refractivity (Wildman–Crippen MR) is 114 cm³/mol. The summed E-state index contributed by atoms with van der Waals surface area (Å²) in [5.74, 6) is 1.75. The Kier molecular flexibility index (Phi) is 4.57. The maximum atomic E-state index is 6.26. The fraction of sp³-hybridized carbons (Fsp3) is 0.400. The third-order valence-corrected chi connectivity index (χ3v) is 6.13. The van der Waals surface area contributed by atoms with E-state index in [1.54, 1.807) is 7.11 Å². The first-order valence-electron chi connectivity index (χ1n) is 9.97. The van der Waals surface area contributed by atoms with Crippen LogP contribution in [0.1, 0.15) is 50.3 Å². The first-order chi connectivity index (χ1) is 13.4. The van der Waals surface area contributed by atoms with Crippen molar-refractivity contribution in [1.29, 1.82) is 0 Å². The normalized spacial score (nSPS) is 26.8. The Labute approximate surface area is 168 Å². The number of benzene rings is 2. The lowest BCUT2D eigenvalue weighted by molar-refractivity contribution is 0.177. The number of fused-ring (bicyclic) bond motifs is 1. The van der Waals surface area contributed by atoms with Gasteiger partial charge in [0.25, 0.3) is 0 Å². The van der Waals surface area contributed by atoms with E-state index in [2.05, 4.69) is 88.4 Å². The van der Waals surface area contributed by atoms with Crippen LogP contribution in [0, 0.1) is 10.8 Å². The van der Waals surface area contributed by atoms with Crippen LogP contribution < -0.4 is 0 Å². The Morgan fingerprint density at radius 3 is 2.36 bits per heavy atom. The summed E-state index contributed by atoms with van der Waals surface area (Å²) in [4.78, 5) is 5.08. The van der Waals surface area contributed by atoms with Crippen LogP contribution in [0.25, 0.3) is 6.08 Å². The highest BCUT2D eigenvalue weighted by Crippen LogP contribution is 2.53. The maximum absolute atomic E-state index is 6.26. The van der Waals surface area contributed by atoms with E-state index in [0.717, 1.165) is 11.7 Å². The molecule has 3 atom stereocenters. The lowest BCUT2D eigenvalue weighted by Crippen LogP contribution is -2.40. The highest BCUT2D eigenvalue weighted by atomic mass is 16.5. The summed E-state index contributed by atoms with van der Waals surface area (Å²) in [6.07, 6.45) is 2.14. The summed E-state index contributed by atoms with van der Waals surface area (Å²) in [5, 5.41) is 0. The molecule has 28 heavy (non-hydrogen) atoms. The van der Waals surface area contributed by atoms with Crippen molar-refractivity contribution in [1.82, 2.24) is 0 Å². The molecule has 0 aromatic heterocycles. The minimum absolute atomic E-state index is 0.0594. The van der Waals surface area contributed by atoms with Crippen LogP contribution in [0.5, 0.6) is 0 Å². The van der Waals surface area contributed by atoms with E-state index in [1.807, 2.05) is 0 Å². The van der Waals surface area contributed by atoms with Crippen molar-refractivity contribution in [2.45, 2.75) is 39.7 Å². The number of methoxy groups -OCH3 is 1. The van der Waals surface area contributed by atoms with E-state index in [9.17, 15) is 0 Å². The molecular formula is C25H29NO2. The van der Waals surface area contributed by atoms with Gasteiger partial charge < -0.3 is 9.47 Å². The molecule has 0 saturated carbocycles. The summed E-state index contributed by atoms with van der Waals surface area (Å²) in [6, 6.07) is 19.3. The van der Waals surface area contributed by atoms with Crippen LogP contribution in [0.4, 0.5) is 0 Å². The maximum Gasteiger partial charge on any atom is 0.198 e. The molecule has 0 bridgehead atoms. The molecule has 2 aromatic rings. The molecule has 146 valence electrons. The molecule has 0 unspecified atom stereocenters. The zero-order valence-electron chi connectivity index (χ0n) is 17.4. The third-order valence-electron chi connectivity index (χ3n) is 6.13. The lowest BCUT2D eigenvalue weighted by Gasteiger charge is -2.41. The zero-order chi connectivity index (χ0) is 19.9. The van der Waals surface area contributed by atoms with Gasteiger partial charge in [-0.05, 0) is 35.1 Å². The summed E-state index contributed by atoms with van der Waals surface area (Å²) < 4.78 is 12.2. The molecule has 2 aliphatic rings. The van der Waals surface area contributed by atoms with Gasteiger partial charge >= 0.3 is 0 Å². The summed E-state index contributed by atoms with van der Waals surface area (Å²) in [7, 11) is 1.75. The third kappa shape index (κ3) is 2.94. The molecule has 2 aromatic carbocycles. The highest BCUT2D eigenvalue weighted by molar-refractivity contribution is 5.91. The molecule has 0 fully saturated rings. The molecule has 0 amide bonds. The molecule has 1 aliphatic heterocycles. The number of hydrogen-bond donors (Lipinski definition) is 0. The van der Waals surface area contributed by atoms with Crippen molar-refractivity contribution in [3.05, 3.63) is 77.0 Å². The molecular weight excluding hydrogens is 346 g/mol. The molecule has 0 N–H and O–H groups in total. The Hall–Kier alpha value is -2.55. The predicted octanol–water partition coefficient (Wildman–Crippen LogP) is 5.67. The van der Waals surface area contributed by atoms with Crippen LogP contribution in [0.15, 0.2) is 65.3 Å². The van der Waals surface area contributed by atoms with Gasteiger partial charge in [-0.25, -0.2) is 4.99 Å². The quantitative estimate of drug-likeness (QED) is 0.692.